The number of hydrazone groups is 1. The van der Waals surface area contributed by atoms with Crippen LogP contribution in [0.4, 0.5) is 11.4 Å². The number of carbonyl (C=O) groups excluding carboxylic acids is 1. The number of hydrogen-bond donors (Lipinski definition) is 1. The van der Waals surface area contributed by atoms with Crippen molar-refractivity contribution in [1.82, 2.24) is 5.43 Å². The number of benzene rings is 2. The molecule has 0 bridgehead atoms. The van der Waals surface area contributed by atoms with Crippen LogP contribution in [-0.2, 0) is 11.2 Å². The third-order valence-corrected chi connectivity index (χ3v) is 3.35. The van der Waals surface area contributed by atoms with Crippen LogP contribution >= 0.6 is 11.6 Å². The molecule has 25 heavy (non-hydrogen) atoms. The van der Waals surface area contributed by atoms with E-state index in [1.54, 1.807) is 24.3 Å². The molecule has 2 aromatic carbocycles. The van der Waals surface area contributed by atoms with Crippen LogP contribution < -0.4 is 5.43 Å². The van der Waals surface area contributed by atoms with Gasteiger partial charge in [-0.3, -0.25) is 25.0 Å². The van der Waals surface area contributed by atoms with Crippen LogP contribution in [0.2, 0.25) is 5.02 Å². The third-order valence-electron chi connectivity index (χ3n) is 3.10. The van der Waals surface area contributed by atoms with Crippen LogP contribution in [0, 0.1) is 20.2 Å². The minimum atomic E-state index is -0.771. The number of nitrogens with one attached hydrogen (secondary N) is 1. The number of amides is 1. The molecule has 0 unspecified atom stereocenters. The van der Waals surface area contributed by atoms with Gasteiger partial charge in [-0.15, -0.1) is 0 Å². The fourth-order valence-corrected chi connectivity index (χ4v) is 2.05. The van der Waals surface area contributed by atoms with E-state index in [0.29, 0.717) is 10.6 Å². The molecule has 0 saturated carbocycles. The Hall–Kier alpha value is -3.33. The van der Waals surface area contributed by atoms with Crippen LogP contribution in [0.25, 0.3) is 0 Å². The van der Waals surface area contributed by atoms with Gasteiger partial charge < -0.3 is 0 Å². The van der Waals surface area contributed by atoms with Crippen molar-refractivity contribution in [1.29, 1.82) is 0 Å². The second-order valence-corrected chi connectivity index (χ2v) is 5.29. The Balaban J connectivity index is 2.06. The first-order valence-electron chi connectivity index (χ1n) is 6.86. The van der Waals surface area contributed by atoms with Crippen molar-refractivity contribution in [2.75, 3.05) is 0 Å². The number of nitrogens with zero attached hydrogens (tertiary/aromatic N) is 3. The van der Waals surface area contributed by atoms with Gasteiger partial charge in [-0.25, -0.2) is 5.43 Å². The number of nitro groups is 2. The van der Waals surface area contributed by atoms with Gasteiger partial charge >= 0.3 is 0 Å². The highest BCUT2D eigenvalue weighted by Crippen LogP contribution is 2.24. The summed E-state index contributed by atoms with van der Waals surface area (Å²) < 4.78 is 0. The second kappa shape index (κ2) is 7.97. The van der Waals surface area contributed by atoms with Crippen molar-refractivity contribution in [2.24, 2.45) is 5.10 Å². The Morgan fingerprint density at radius 3 is 2.40 bits per heavy atom. The van der Waals surface area contributed by atoms with Crippen molar-refractivity contribution >= 4 is 35.1 Å². The van der Waals surface area contributed by atoms with Gasteiger partial charge in [-0.2, -0.15) is 5.10 Å². The minimum absolute atomic E-state index is 0.0507. The molecule has 0 aliphatic heterocycles. The van der Waals surface area contributed by atoms with Gasteiger partial charge in [0.05, 0.1) is 28.5 Å². The highest BCUT2D eigenvalue weighted by Gasteiger charge is 2.20. The zero-order valence-corrected chi connectivity index (χ0v) is 13.3. The summed E-state index contributed by atoms with van der Waals surface area (Å²) in [7, 11) is 0. The van der Waals surface area contributed by atoms with Gasteiger partial charge in [0.15, 0.2) is 0 Å². The molecule has 0 radical (unpaired) electrons. The fourth-order valence-electron chi connectivity index (χ4n) is 1.93. The van der Waals surface area contributed by atoms with Gasteiger partial charge in [-0.05, 0) is 23.8 Å². The molecule has 9 nitrogen and oxygen atoms in total. The molecule has 1 amide bonds. The van der Waals surface area contributed by atoms with Crippen molar-refractivity contribution in [2.45, 2.75) is 6.42 Å². The second-order valence-electron chi connectivity index (χ2n) is 4.85. The Labute approximate surface area is 146 Å². The maximum Gasteiger partial charge on any atom is 0.279 e. The molecule has 1 N–H and O–H groups in total. The first-order valence-corrected chi connectivity index (χ1v) is 7.24. The number of non-ortho nitro benzene ring substituents is 1. The predicted molar refractivity (Wildman–Crippen MR) is 90.6 cm³/mol. The standard InChI is InChI=1S/C15H11ClN4O5/c16-12-4-1-10(2-5-12)9-17-18-15(21)7-11-3-6-13(19(22)23)8-14(11)20(24)25/h1-6,8-9H,7H2,(H,18,21)/b17-9+. The number of nitro benzene ring substituents is 2. The van der Waals surface area contributed by atoms with E-state index in [0.717, 1.165) is 12.1 Å². The molecular formula is C15H11ClN4O5. The topological polar surface area (TPSA) is 128 Å². The van der Waals surface area contributed by atoms with Crippen molar-refractivity contribution in [3.05, 3.63) is 78.8 Å². The van der Waals surface area contributed by atoms with Crippen molar-refractivity contribution in [3.63, 3.8) is 0 Å². The lowest BCUT2D eigenvalue weighted by Gasteiger charge is -2.02. The van der Waals surface area contributed by atoms with E-state index in [4.69, 9.17) is 11.6 Å². The van der Waals surface area contributed by atoms with E-state index in [-0.39, 0.29) is 12.0 Å². The minimum Gasteiger partial charge on any atom is -0.273 e. The van der Waals surface area contributed by atoms with Gasteiger partial charge in [0.25, 0.3) is 11.4 Å². The first-order chi connectivity index (χ1) is 11.9. The molecule has 0 aliphatic rings. The monoisotopic (exact) mass is 362 g/mol. The summed E-state index contributed by atoms with van der Waals surface area (Å²) in [5, 5.41) is 26.0. The quantitative estimate of drug-likeness (QED) is 0.480. The summed E-state index contributed by atoms with van der Waals surface area (Å²) in [6.07, 6.45) is 1.05. The Morgan fingerprint density at radius 1 is 1.12 bits per heavy atom. The van der Waals surface area contributed by atoms with Gasteiger partial charge in [0, 0.05) is 16.7 Å². The fraction of sp³-hybridized carbons (Fsp3) is 0.0667. The lowest BCUT2D eigenvalue weighted by Crippen LogP contribution is -2.20. The molecule has 0 spiro atoms. The van der Waals surface area contributed by atoms with E-state index >= 15 is 0 Å². The maximum absolute atomic E-state index is 11.8. The Morgan fingerprint density at radius 2 is 1.80 bits per heavy atom. The summed E-state index contributed by atoms with van der Waals surface area (Å²) in [4.78, 5) is 32.0. The van der Waals surface area contributed by atoms with Crippen LogP contribution in [-0.4, -0.2) is 22.0 Å². The van der Waals surface area contributed by atoms with Gasteiger partial charge in [0.1, 0.15) is 0 Å². The highest BCUT2D eigenvalue weighted by atomic mass is 35.5. The normalized spacial score (nSPS) is 10.6. The Kier molecular flexibility index (Phi) is 5.75. The van der Waals surface area contributed by atoms with Gasteiger partial charge in [0.2, 0.25) is 5.91 Å². The molecule has 10 heteroatoms. The van der Waals surface area contributed by atoms with E-state index < -0.39 is 27.1 Å². The van der Waals surface area contributed by atoms with E-state index in [1.165, 1.54) is 12.3 Å². The molecule has 0 saturated heterocycles. The molecule has 0 aromatic heterocycles. The molecule has 2 aromatic rings. The smallest absolute Gasteiger partial charge is 0.273 e. The predicted octanol–water partition coefficient (Wildman–Crippen LogP) is 2.85. The largest absolute Gasteiger partial charge is 0.279 e. The summed E-state index contributed by atoms with van der Waals surface area (Å²) in [5.41, 5.74) is 2.08. The van der Waals surface area contributed by atoms with Gasteiger partial charge in [-0.1, -0.05) is 23.7 Å². The molecular weight excluding hydrogens is 352 g/mol. The van der Waals surface area contributed by atoms with Crippen LogP contribution in [0.5, 0.6) is 0 Å². The average molecular weight is 363 g/mol. The van der Waals surface area contributed by atoms with Crippen LogP contribution in [0.1, 0.15) is 11.1 Å². The average Bonchev–Trinajstić information content (AvgIpc) is 2.56. The summed E-state index contributed by atoms with van der Waals surface area (Å²) >= 11 is 5.75. The number of rotatable bonds is 6. The zero-order valence-electron chi connectivity index (χ0n) is 12.6. The first kappa shape index (κ1) is 18.0. The molecule has 0 atom stereocenters. The zero-order chi connectivity index (χ0) is 18.4. The van der Waals surface area contributed by atoms with Crippen molar-refractivity contribution < 1.29 is 14.6 Å². The van der Waals surface area contributed by atoms with Crippen molar-refractivity contribution in [3.8, 4) is 0 Å². The highest BCUT2D eigenvalue weighted by molar-refractivity contribution is 6.30. The van der Waals surface area contributed by atoms with E-state index in [2.05, 4.69) is 10.5 Å². The lowest BCUT2D eigenvalue weighted by atomic mass is 10.1. The van der Waals surface area contributed by atoms with E-state index in [9.17, 15) is 25.0 Å². The number of carbonyl (C=O) groups is 1. The molecule has 0 heterocycles. The SMILES string of the molecule is O=C(Cc1ccc([N+](=O)[O-])cc1[N+](=O)[O-])N/N=C/c1ccc(Cl)cc1. The Bertz CT molecular complexity index is 852. The summed E-state index contributed by atoms with van der Waals surface area (Å²) in [5.74, 6) is -0.595. The number of halogens is 1. The van der Waals surface area contributed by atoms with Crippen LogP contribution in [0.15, 0.2) is 47.6 Å². The lowest BCUT2D eigenvalue weighted by molar-refractivity contribution is -0.394. The maximum atomic E-state index is 11.8. The molecule has 2 rings (SSSR count). The summed E-state index contributed by atoms with van der Waals surface area (Å²) in [6, 6.07) is 9.80. The molecule has 128 valence electrons. The molecule has 0 fully saturated rings. The third kappa shape index (κ3) is 5.08. The van der Waals surface area contributed by atoms with Crippen LogP contribution in [0.3, 0.4) is 0 Å². The molecule has 0 aliphatic carbocycles. The van der Waals surface area contributed by atoms with E-state index in [1.807, 2.05) is 0 Å². The number of hydrogen-bond acceptors (Lipinski definition) is 6. The summed E-state index contributed by atoms with van der Waals surface area (Å²) in [6.45, 7) is 0.